The third kappa shape index (κ3) is 16.8. The zero-order valence-corrected chi connectivity index (χ0v) is 13.9. The molecule has 0 atom stereocenters. The molecule has 0 bridgehead atoms. The predicted molar refractivity (Wildman–Crippen MR) is 87.2 cm³/mol. The van der Waals surface area contributed by atoms with Crippen LogP contribution in [0.3, 0.4) is 0 Å². The van der Waals surface area contributed by atoms with Gasteiger partial charge in [-0.25, -0.2) is 4.79 Å². The van der Waals surface area contributed by atoms with Gasteiger partial charge in [-0.1, -0.05) is 77.1 Å². The Labute approximate surface area is 130 Å². The molecule has 0 fully saturated rings. The molecule has 0 unspecified atom stereocenters. The van der Waals surface area contributed by atoms with Crippen LogP contribution in [0.5, 0.6) is 0 Å². The van der Waals surface area contributed by atoms with E-state index in [0.717, 1.165) is 12.8 Å². The average Bonchev–Trinajstić information content (AvgIpc) is 2.48. The number of hydrogen-bond acceptors (Lipinski definition) is 3. The van der Waals surface area contributed by atoms with Crippen LogP contribution in [0, 0.1) is 11.8 Å². The van der Waals surface area contributed by atoms with Crippen LogP contribution in [0.1, 0.15) is 84.5 Å². The highest BCUT2D eigenvalue weighted by Crippen LogP contribution is 2.11. The van der Waals surface area contributed by atoms with E-state index < -0.39 is 6.16 Å². The fourth-order valence-electron chi connectivity index (χ4n) is 2.13. The number of hydrogen-bond donors (Lipinski definition) is 0. The molecule has 0 saturated heterocycles. The van der Waals surface area contributed by atoms with Crippen molar-refractivity contribution >= 4 is 6.16 Å². The van der Waals surface area contributed by atoms with Gasteiger partial charge in [-0.3, -0.25) is 0 Å². The Kier molecular flexibility index (Phi) is 15.9. The van der Waals surface area contributed by atoms with Gasteiger partial charge in [0.1, 0.15) is 0 Å². The van der Waals surface area contributed by atoms with Crippen LogP contribution in [0.4, 0.5) is 4.79 Å². The summed E-state index contributed by atoms with van der Waals surface area (Å²) in [6, 6.07) is 0. The molecular weight excluding hydrogens is 264 g/mol. The smallest absolute Gasteiger partial charge is 0.434 e. The summed E-state index contributed by atoms with van der Waals surface area (Å²) in [6.45, 7) is 4.53. The maximum Gasteiger partial charge on any atom is 0.509 e. The lowest BCUT2D eigenvalue weighted by atomic mass is 10.1. The Bertz CT molecular complexity index is 289. The maximum atomic E-state index is 11.1. The first-order valence-corrected chi connectivity index (χ1v) is 8.50. The van der Waals surface area contributed by atoms with Crippen LogP contribution in [0.15, 0.2) is 0 Å². The van der Waals surface area contributed by atoms with Crippen LogP contribution in [-0.4, -0.2) is 19.4 Å². The molecule has 0 aliphatic heterocycles. The van der Waals surface area contributed by atoms with Crippen LogP contribution in [-0.2, 0) is 9.47 Å². The van der Waals surface area contributed by atoms with E-state index in [1.165, 1.54) is 57.8 Å². The largest absolute Gasteiger partial charge is 0.509 e. The minimum atomic E-state index is -0.607. The maximum absolute atomic E-state index is 11.1. The van der Waals surface area contributed by atoms with E-state index in [2.05, 4.69) is 18.8 Å². The molecule has 3 heteroatoms. The lowest BCUT2D eigenvalue weighted by Gasteiger charge is -2.04. The van der Waals surface area contributed by atoms with E-state index in [9.17, 15) is 4.79 Å². The highest BCUT2D eigenvalue weighted by atomic mass is 16.7. The molecule has 3 nitrogen and oxygen atoms in total. The second-order valence-electron chi connectivity index (χ2n) is 5.35. The zero-order chi connectivity index (χ0) is 15.6. The lowest BCUT2D eigenvalue weighted by molar-refractivity contribution is 0.0632. The van der Waals surface area contributed by atoms with Crippen molar-refractivity contribution in [3.05, 3.63) is 0 Å². The van der Waals surface area contributed by atoms with Gasteiger partial charge in [0, 0.05) is 0 Å². The molecule has 122 valence electrons. The van der Waals surface area contributed by atoms with Crippen molar-refractivity contribution in [2.75, 3.05) is 13.2 Å². The van der Waals surface area contributed by atoms with Gasteiger partial charge in [0.2, 0.25) is 0 Å². The van der Waals surface area contributed by atoms with Gasteiger partial charge in [0.05, 0.1) is 6.61 Å². The van der Waals surface area contributed by atoms with E-state index in [1.807, 2.05) is 0 Å². The average molecular weight is 296 g/mol. The molecule has 0 spiro atoms. The van der Waals surface area contributed by atoms with E-state index in [0.29, 0.717) is 6.61 Å². The van der Waals surface area contributed by atoms with Crippen LogP contribution >= 0.6 is 0 Å². The van der Waals surface area contributed by atoms with Crippen LogP contribution in [0.25, 0.3) is 0 Å². The molecule has 0 aromatic carbocycles. The summed E-state index contributed by atoms with van der Waals surface area (Å²) in [5.41, 5.74) is 0. The molecule has 0 N–H and O–H groups in total. The first kappa shape index (κ1) is 19.8. The Morgan fingerprint density at radius 1 is 0.810 bits per heavy atom. The van der Waals surface area contributed by atoms with Crippen LogP contribution < -0.4 is 0 Å². The summed E-state index contributed by atoms with van der Waals surface area (Å²) in [4.78, 5) is 11.1. The summed E-state index contributed by atoms with van der Waals surface area (Å²) < 4.78 is 9.69. The van der Waals surface area contributed by atoms with E-state index in [4.69, 9.17) is 9.47 Å². The number of rotatable bonds is 13. The van der Waals surface area contributed by atoms with Crippen molar-refractivity contribution in [1.82, 2.24) is 0 Å². The number of carbonyl (C=O) groups is 1. The molecule has 21 heavy (non-hydrogen) atoms. The van der Waals surface area contributed by atoms with Crippen molar-refractivity contribution in [3.63, 3.8) is 0 Å². The minimum absolute atomic E-state index is 0.119. The molecule has 0 rings (SSSR count). The first-order valence-electron chi connectivity index (χ1n) is 8.50. The van der Waals surface area contributed by atoms with Gasteiger partial charge in [-0.2, -0.15) is 0 Å². The number of ether oxygens (including phenoxy) is 2. The Hall–Kier alpha value is -1.17. The van der Waals surface area contributed by atoms with Gasteiger partial charge in [0.25, 0.3) is 0 Å². The van der Waals surface area contributed by atoms with Gasteiger partial charge in [0.15, 0.2) is 6.61 Å². The topological polar surface area (TPSA) is 35.5 Å². The summed E-state index contributed by atoms with van der Waals surface area (Å²) in [5.74, 6) is 5.31. The fraction of sp³-hybridized carbons (Fsp3) is 0.833. The number of unbranched alkanes of at least 4 members (excludes halogenated alkanes) is 10. The van der Waals surface area contributed by atoms with E-state index in [1.54, 1.807) is 6.92 Å². The molecule has 0 heterocycles. The molecule has 0 saturated carbocycles. The van der Waals surface area contributed by atoms with Gasteiger partial charge < -0.3 is 9.47 Å². The summed E-state index contributed by atoms with van der Waals surface area (Å²) in [7, 11) is 0. The van der Waals surface area contributed by atoms with Crippen LogP contribution in [0.2, 0.25) is 0 Å². The van der Waals surface area contributed by atoms with E-state index >= 15 is 0 Å². The lowest BCUT2D eigenvalue weighted by Crippen LogP contribution is -2.08. The predicted octanol–water partition coefficient (Wildman–Crippen LogP) is 5.47. The third-order valence-corrected chi connectivity index (χ3v) is 3.41. The monoisotopic (exact) mass is 296 g/mol. The van der Waals surface area contributed by atoms with Gasteiger partial charge in [-0.05, 0) is 13.3 Å². The summed E-state index contributed by atoms with van der Waals surface area (Å²) in [6.07, 6.45) is 13.5. The second-order valence-corrected chi connectivity index (χ2v) is 5.35. The fourth-order valence-corrected chi connectivity index (χ4v) is 2.13. The van der Waals surface area contributed by atoms with E-state index in [-0.39, 0.29) is 6.61 Å². The highest BCUT2D eigenvalue weighted by Gasteiger charge is 2.01. The van der Waals surface area contributed by atoms with Gasteiger partial charge >= 0.3 is 6.16 Å². The minimum Gasteiger partial charge on any atom is -0.434 e. The third-order valence-electron chi connectivity index (χ3n) is 3.41. The molecule has 0 aliphatic rings. The van der Waals surface area contributed by atoms with Crippen molar-refractivity contribution in [1.29, 1.82) is 0 Å². The normalized spacial score (nSPS) is 9.81. The zero-order valence-electron chi connectivity index (χ0n) is 13.9. The molecule has 0 aromatic heterocycles. The molecule has 0 aliphatic carbocycles. The Balaban J connectivity index is 3.11. The highest BCUT2D eigenvalue weighted by molar-refractivity contribution is 5.60. The standard InChI is InChI=1S/C18H32O3/c1-3-5-7-8-9-10-11-12-13-14-15-17-21-18(19)20-16-6-4-2/h3,5,7-17H2,1-2H3. The van der Waals surface area contributed by atoms with Crippen molar-refractivity contribution in [2.45, 2.75) is 84.5 Å². The number of carbonyl (C=O) groups excluding carboxylic acids is 1. The summed E-state index contributed by atoms with van der Waals surface area (Å²) in [5, 5.41) is 0. The Morgan fingerprint density at radius 2 is 1.33 bits per heavy atom. The van der Waals surface area contributed by atoms with Crippen molar-refractivity contribution in [2.24, 2.45) is 0 Å². The summed E-state index contributed by atoms with van der Waals surface area (Å²) >= 11 is 0. The quantitative estimate of drug-likeness (QED) is 0.257. The SMILES string of the molecule is CC#CCOC(=O)OCCCCCCCCCCCCC. The molecule has 0 amide bonds. The van der Waals surface area contributed by atoms with Crippen molar-refractivity contribution in [3.8, 4) is 11.8 Å². The van der Waals surface area contributed by atoms with Crippen molar-refractivity contribution < 1.29 is 14.3 Å². The Morgan fingerprint density at radius 3 is 1.86 bits per heavy atom. The molecule has 0 radical (unpaired) electrons. The van der Waals surface area contributed by atoms with Gasteiger partial charge in [-0.15, -0.1) is 5.92 Å². The second kappa shape index (κ2) is 16.9. The molecule has 0 aromatic rings. The first-order chi connectivity index (χ1) is 10.3. The molecular formula is C18H32O3.